The topological polar surface area (TPSA) is 205 Å². The second-order valence-electron chi connectivity index (χ2n) is 14.5. The largest absolute Gasteiger partial charge is 0.356 e. The van der Waals surface area contributed by atoms with Crippen LogP contribution in [0.3, 0.4) is 0 Å². The Bertz CT molecular complexity index is 1940. The van der Waals surface area contributed by atoms with Crippen molar-refractivity contribution < 1.29 is 27.6 Å². The van der Waals surface area contributed by atoms with Crippen molar-refractivity contribution in [2.24, 2.45) is 0 Å². The van der Waals surface area contributed by atoms with Gasteiger partial charge in [0.1, 0.15) is 0 Å². The van der Waals surface area contributed by atoms with Crippen LogP contribution in [0.2, 0.25) is 0 Å². The van der Waals surface area contributed by atoms with Crippen LogP contribution < -0.4 is 31.3 Å². The van der Waals surface area contributed by atoms with Crippen molar-refractivity contribution in [3.05, 3.63) is 71.2 Å². The van der Waals surface area contributed by atoms with Gasteiger partial charge in [-0.05, 0) is 99.1 Å². The first-order valence-electron chi connectivity index (χ1n) is 19.2. The molecular weight excluding hydrogens is 743 g/mol. The zero-order valence-corrected chi connectivity index (χ0v) is 32.7. The number of rotatable bonds is 16. The molecule has 17 heteroatoms. The van der Waals surface area contributed by atoms with Crippen LogP contribution in [0.4, 0.5) is 15.3 Å². The van der Waals surface area contributed by atoms with Crippen LogP contribution in [-0.2, 0) is 32.6 Å². The Kier molecular flexibility index (Phi) is 13.7. The molecule has 3 fully saturated rings. The van der Waals surface area contributed by atoms with E-state index in [1.54, 1.807) is 16.9 Å². The summed E-state index contributed by atoms with van der Waals surface area (Å²) in [5.41, 5.74) is 4.54. The number of carbonyl (C=O) groups is 4. The minimum Gasteiger partial charge on any atom is -0.356 e. The Morgan fingerprint density at radius 1 is 1.00 bits per heavy atom. The monoisotopic (exact) mass is 793 g/mol. The predicted octanol–water partition coefficient (Wildman–Crippen LogP) is 4.56. The zero-order valence-electron chi connectivity index (χ0n) is 31.0. The average Bonchev–Trinajstić information content (AvgIpc) is 3.96. The Labute approximate surface area is 326 Å². The Balaban J connectivity index is 0.881. The second kappa shape index (κ2) is 18.8. The number of fused-ring (bicyclic) bond motifs is 2. The summed E-state index contributed by atoms with van der Waals surface area (Å²) in [4.78, 5) is 49.4. The van der Waals surface area contributed by atoms with Gasteiger partial charge in [-0.3, -0.25) is 14.3 Å². The smallest absolute Gasteiger partial charge is 0.333 e. The molecule has 0 bridgehead atoms. The predicted molar refractivity (Wildman–Crippen MR) is 210 cm³/mol. The van der Waals surface area contributed by atoms with Gasteiger partial charge in [0.05, 0.1) is 22.7 Å². The third kappa shape index (κ3) is 11.2. The molecule has 296 valence electrons. The zero-order chi connectivity index (χ0) is 38.8. The number of urea groups is 2. The van der Waals surface area contributed by atoms with Gasteiger partial charge in [-0.2, -0.15) is 11.8 Å². The van der Waals surface area contributed by atoms with Crippen molar-refractivity contribution in [3.8, 4) is 0 Å². The lowest BCUT2D eigenvalue weighted by molar-refractivity contribution is -0.121. The number of amides is 6. The first kappa shape index (κ1) is 40.0. The molecule has 2 aliphatic carbocycles. The first-order valence-corrected chi connectivity index (χ1v) is 21.8. The molecule has 0 unspecified atom stereocenters. The molecule has 1 aromatic carbocycles. The van der Waals surface area contributed by atoms with Crippen LogP contribution >= 0.6 is 11.8 Å². The molecule has 6 N–H and O–H groups in total. The molecule has 1 saturated carbocycles. The number of hydrogen-bond donors (Lipinski definition) is 6. The molecule has 55 heavy (non-hydrogen) atoms. The number of aryl methyl sites for hydroxylation is 2. The normalized spacial score (nSPS) is 21.9. The molecule has 2 aromatic rings. The number of allylic oxidation sites excluding steroid dienone is 4. The van der Waals surface area contributed by atoms with E-state index in [0.717, 1.165) is 81.1 Å². The van der Waals surface area contributed by atoms with Gasteiger partial charge in [0.15, 0.2) is 0 Å². The SMILES string of the molecule is C=C1CCCC/C=C2/CCCC2=C1NC(=O)NS(=O)(=O)c1cccc(NC(=O)CCc2cn(CCCNC(=O)CCCC[C@@H]3SC[C@@H]4NC(=O)N[C@@H]43)nn2)c1. The van der Waals surface area contributed by atoms with E-state index in [4.69, 9.17) is 0 Å². The van der Waals surface area contributed by atoms with Crippen LogP contribution in [0.1, 0.15) is 89.2 Å². The van der Waals surface area contributed by atoms with Crippen molar-refractivity contribution in [2.75, 3.05) is 17.6 Å². The summed E-state index contributed by atoms with van der Waals surface area (Å²) in [6.45, 7) is 5.25. The lowest BCUT2D eigenvalue weighted by Crippen LogP contribution is -2.39. The summed E-state index contributed by atoms with van der Waals surface area (Å²) in [5, 5.41) is 23.1. The van der Waals surface area contributed by atoms with E-state index in [0.29, 0.717) is 49.0 Å². The van der Waals surface area contributed by atoms with E-state index in [-0.39, 0.29) is 46.9 Å². The highest BCUT2D eigenvalue weighted by atomic mass is 32.2. The number of thioether (sulfide) groups is 1. The maximum atomic E-state index is 13.2. The van der Waals surface area contributed by atoms with Crippen molar-refractivity contribution >= 4 is 51.3 Å². The third-order valence-corrected chi connectivity index (χ3v) is 13.1. The highest BCUT2D eigenvalue weighted by molar-refractivity contribution is 8.00. The van der Waals surface area contributed by atoms with Gasteiger partial charge in [0, 0.05) is 60.9 Å². The molecule has 0 spiro atoms. The number of nitrogens with one attached hydrogen (secondary N) is 6. The van der Waals surface area contributed by atoms with E-state index < -0.39 is 16.1 Å². The van der Waals surface area contributed by atoms with Crippen LogP contribution in [0.25, 0.3) is 0 Å². The van der Waals surface area contributed by atoms with Gasteiger partial charge in [-0.25, -0.2) is 22.7 Å². The molecule has 0 radical (unpaired) electrons. The summed E-state index contributed by atoms with van der Waals surface area (Å²) < 4.78 is 30.2. The van der Waals surface area contributed by atoms with E-state index in [2.05, 4.69) is 54.3 Å². The fourth-order valence-corrected chi connectivity index (χ4v) is 9.96. The Morgan fingerprint density at radius 2 is 1.87 bits per heavy atom. The van der Waals surface area contributed by atoms with Gasteiger partial charge in [-0.1, -0.05) is 30.4 Å². The number of anilines is 1. The maximum absolute atomic E-state index is 13.2. The fraction of sp³-hybridized carbons (Fsp3) is 0.526. The molecule has 1 aromatic heterocycles. The summed E-state index contributed by atoms with van der Waals surface area (Å²) in [5.74, 6) is 0.614. The minimum atomic E-state index is -4.25. The van der Waals surface area contributed by atoms with Gasteiger partial charge in [0.25, 0.3) is 10.0 Å². The van der Waals surface area contributed by atoms with Crippen LogP contribution in [0, 0.1) is 0 Å². The van der Waals surface area contributed by atoms with Crippen molar-refractivity contribution in [1.29, 1.82) is 0 Å². The van der Waals surface area contributed by atoms with Crippen LogP contribution in [0.5, 0.6) is 0 Å². The standard InChI is InChI=1S/C38H51N9O6S2/c1-25-10-3-2-4-11-26-12-7-15-30(26)35(25)42-38(51)45-55(52,53)29-14-8-13-27(22-29)40-34(49)19-18-28-23-47(46-44-28)21-9-20-39-33(48)17-6-5-16-32-36-31(24-54-32)41-37(50)43-36/h8,11,13-14,22-23,31-32,36H,1-7,9-10,12,15-21,24H2,(H,39,48)(H,40,49)(H2,41,43,50)(H2,42,45,51)/b26-11-,35-30?/t31-,32-,36-/m0/s1. The van der Waals surface area contributed by atoms with E-state index in [1.165, 1.54) is 23.8 Å². The van der Waals surface area contributed by atoms with Gasteiger partial charge in [-0.15, -0.1) is 5.10 Å². The lowest BCUT2D eigenvalue weighted by Gasteiger charge is -2.17. The Hall–Kier alpha value is -4.64. The second-order valence-corrected chi connectivity index (χ2v) is 17.4. The highest BCUT2D eigenvalue weighted by Crippen LogP contribution is 2.36. The molecule has 15 nitrogen and oxygen atoms in total. The third-order valence-electron chi connectivity index (χ3n) is 10.3. The molecule has 2 saturated heterocycles. The average molecular weight is 794 g/mol. The van der Waals surface area contributed by atoms with Gasteiger partial charge < -0.3 is 26.6 Å². The lowest BCUT2D eigenvalue weighted by atomic mass is 10.0. The number of hydrogen-bond acceptors (Lipinski definition) is 9. The van der Waals surface area contributed by atoms with E-state index in [1.807, 2.05) is 11.8 Å². The van der Waals surface area contributed by atoms with Crippen LogP contribution in [0.15, 0.2) is 70.4 Å². The number of sulfonamides is 1. The molecule has 3 heterocycles. The Morgan fingerprint density at radius 3 is 2.75 bits per heavy atom. The molecule has 4 aliphatic rings. The summed E-state index contributed by atoms with van der Waals surface area (Å²) in [7, 11) is -4.25. The molecule has 3 atom stereocenters. The van der Waals surface area contributed by atoms with Gasteiger partial charge in [0.2, 0.25) is 11.8 Å². The summed E-state index contributed by atoms with van der Waals surface area (Å²) >= 11 is 1.88. The number of unbranched alkanes of at least 4 members (excludes halogenated alkanes) is 1. The van der Waals surface area contributed by atoms with E-state index in [9.17, 15) is 27.6 Å². The molecule has 2 aliphatic heterocycles. The molecule has 6 rings (SSSR count). The number of carbonyl (C=O) groups excluding carboxylic acids is 4. The number of nitrogens with zero attached hydrogens (tertiary/aromatic N) is 3. The molecule has 6 amide bonds. The fourth-order valence-electron chi connectivity index (χ4n) is 7.46. The minimum absolute atomic E-state index is 0.0172. The van der Waals surface area contributed by atoms with Gasteiger partial charge >= 0.3 is 12.1 Å². The molecular formula is C38H51N9O6S2. The quantitative estimate of drug-likeness (QED) is 0.104. The van der Waals surface area contributed by atoms with Crippen molar-refractivity contribution in [1.82, 2.24) is 41.0 Å². The van der Waals surface area contributed by atoms with Crippen LogP contribution in [-0.4, -0.2) is 76.9 Å². The highest BCUT2D eigenvalue weighted by Gasteiger charge is 2.42. The van der Waals surface area contributed by atoms with Crippen molar-refractivity contribution in [2.45, 2.75) is 119 Å². The maximum Gasteiger partial charge on any atom is 0.333 e. The summed E-state index contributed by atoms with van der Waals surface area (Å²) in [6.07, 6.45) is 14.6. The number of benzene rings is 1. The summed E-state index contributed by atoms with van der Waals surface area (Å²) in [6, 6.07) is 5.20. The number of aromatic nitrogens is 3. The van der Waals surface area contributed by atoms with E-state index >= 15 is 0 Å². The van der Waals surface area contributed by atoms with Crippen molar-refractivity contribution in [3.63, 3.8) is 0 Å². The first-order chi connectivity index (χ1) is 26.5.